The van der Waals surface area contributed by atoms with Crippen LogP contribution in [0.4, 0.5) is 5.13 Å². The largest absolute Gasteiger partial charge is 0.478 e. The number of pyridine rings is 1. The Morgan fingerprint density at radius 1 is 1.22 bits per heavy atom. The SMILES string of the molecule is CNc1nc(-c2ccc3ccccc3n2)c(/C(C)=C/C(=O)O)s1. The Bertz CT molecular complexity index is 915. The van der Waals surface area contributed by atoms with Gasteiger partial charge in [0.1, 0.15) is 5.69 Å². The van der Waals surface area contributed by atoms with Gasteiger partial charge in [0.05, 0.1) is 16.1 Å². The lowest BCUT2D eigenvalue weighted by molar-refractivity contribution is -0.131. The molecule has 2 heterocycles. The van der Waals surface area contributed by atoms with Crippen molar-refractivity contribution >= 4 is 38.9 Å². The maximum Gasteiger partial charge on any atom is 0.328 e. The summed E-state index contributed by atoms with van der Waals surface area (Å²) in [6, 6.07) is 11.8. The van der Waals surface area contributed by atoms with E-state index in [1.54, 1.807) is 14.0 Å². The quantitative estimate of drug-likeness (QED) is 0.712. The van der Waals surface area contributed by atoms with Crippen LogP contribution in [-0.4, -0.2) is 28.1 Å². The summed E-state index contributed by atoms with van der Waals surface area (Å²) < 4.78 is 0. The predicted molar refractivity (Wildman–Crippen MR) is 93.7 cm³/mol. The second kappa shape index (κ2) is 6.18. The molecule has 0 saturated carbocycles. The van der Waals surface area contributed by atoms with Gasteiger partial charge in [0.2, 0.25) is 0 Å². The highest BCUT2D eigenvalue weighted by Crippen LogP contribution is 2.35. The molecule has 0 fully saturated rings. The number of carboxylic acids is 1. The molecule has 0 aliphatic heterocycles. The van der Waals surface area contributed by atoms with Crippen LogP contribution < -0.4 is 5.32 Å². The highest BCUT2D eigenvalue weighted by atomic mass is 32.1. The lowest BCUT2D eigenvalue weighted by Crippen LogP contribution is -1.92. The topological polar surface area (TPSA) is 75.1 Å². The zero-order valence-electron chi connectivity index (χ0n) is 12.7. The smallest absolute Gasteiger partial charge is 0.328 e. The monoisotopic (exact) mass is 325 g/mol. The van der Waals surface area contributed by atoms with Crippen molar-refractivity contribution in [3.8, 4) is 11.4 Å². The first-order valence-corrected chi connectivity index (χ1v) is 7.86. The van der Waals surface area contributed by atoms with Gasteiger partial charge in [0, 0.05) is 18.5 Å². The maximum atomic E-state index is 11.0. The normalized spacial score (nSPS) is 11.7. The molecule has 0 radical (unpaired) electrons. The summed E-state index contributed by atoms with van der Waals surface area (Å²) in [5, 5.41) is 13.8. The molecule has 0 spiro atoms. The number of anilines is 1. The van der Waals surface area contributed by atoms with Gasteiger partial charge in [-0.3, -0.25) is 0 Å². The van der Waals surface area contributed by atoms with Gasteiger partial charge < -0.3 is 10.4 Å². The maximum absolute atomic E-state index is 11.0. The standard InChI is InChI=1S/C17H15N3O2S/c1-10(9-14(21)22)16-15(20-17(18-2)23-16)13-8-7-11-5-3-4-6-12(11)19-13/h3-9H,1-2H3,(H,18,20)(H,21,22)/b10-9+. The van der Waals surface area contributed by atoms with E-state index in [0.29, 0.717) is 11.3 Å². The van der Waals surface area contributed by atoms with Crippen molar-refractivity contribution in [1.82, 2.24) is 9.97 Å². The Morgan fingerprint density at radius 2 is 2.00 bits per heavy atom. The fourth-order valence-corrected chi connectivity index (χ4v) is 3.22. The second-order valence-electron chi connectivity index (χ2n) is 5.00. The molecular weight excluding hydrogens is 310 g/mol. The third-order valence-corrected chi connectivity index (χ3v) is 4.59. The van der Waals surface area contributed by atoms with E-state index >= 15 is 0 Å². The number of aromatic nitrogens is 2. The number of carbonyl (C=O) groups is 1. The summed E-state index contributed by atoms with van der Waals surface area (Å²) in [5.74, 6) is -0.973. The minimum atomic E-state index is -0.973. The molecule has 0 saturated heterocycles. The molecule has 0 atom stereocenters. The number of aliphatic carboxylic acids is 1. The summed E-state index contributed by atoms with van der Waals surface area (Å²) in [6.45, 7) is 1.77. The van der Waals surface area contributed by atoms with E-state index in [0.717, 1.165) is 26.6 Å². The van der Waals surface area contributed by atoms with E-state index in [1.165, 1.54) is 17.4 Å². The van der Waals surface area contributed by atoms with Crippen molar-refractivity contribution in [2.45, 2.75) is 6.92 Å². The molecule has 0 aliphatic rings. The molecule has 3 rings (SSSR count). The van der Waals surface area contributed by atoms with E-state index in [4.69, 9.17) is 5.11 Å². The Labute approximate surface area is 137 Å². The second-order valence-corrected chi connectivity index (χ2v) is 6.00. The van der Waals surface area contributed by atoms with Crippen LogP contribution >= 0.6 is 11.3 Å². The van der Waals surface area contributed by atoms with Crippen molar-refractivity contribution in [2.24, 2.45) is 0 Å². The molecule has 1 aromatic carbocycles. The van der Waals surface area contributed by atoms with E-state index in [-0.39, 0.29) is 0 Å². The average molecular weight is 325 g/mol. The number of carboxylic acid groups (broad SMARTS) is 1. The summed E-state index contributed by atoms with van der Waals surface area (Å²) in [7, 11) is 1.79. The van der Waals surface area contributed by atoms with Crippen molar-refractivity contribution in [2.75, 3.05) is 12.4 Å². The van der Waals surface area contributed by atoms with E-state index in [9.17, 15) is 4.79 Å². The molecule has 6 heteroatoms. The third-order valence-electron chi connectivity index (χ3n) is 3.38. The van der Waals surface area contributed by atoms with Gasteiger partial charge in [0.15, 0.2) is 5.13 Å². The first kappa shape index (κ1) is 15.2. The highest BCUT2D eigenvalue weighted by molar-refractivity contribution is 7.17. The van der Waals surface area contributed by atoms with E-state index < -0.39 is 5.97 Å². The van der Waals surface area contributed by atoms with Gasteiger partial charge >= 0.3 is 5.97 Å². The zero-order chi connectivity index (χ0) is 16.4. The molecule has 2 N–H and O–H groups in total. The third kappa shape index (κ3) is 3.07. The predicted octanol–water partition coefficient (Wildman–Crippen LogP) is 3.89. The number of fused-ring (bicyclic) bond motifs is 1. The zero-order valence-corrected chi connectivity index (χ0v) is 13.5. The molecule has 5 nitrogen and oxygen atoms in total. The average Bonchev–Trinajstić information content (AvgIpc) is 2.98. The number of thiazole rings is 1. The number of nitrogens with one attached hydrogen (secondary N) is 1. The van der Waals surface area contributed by atoms with Gasteiger partial charge in [-0.05, 0) is 24.6 Å². The first-order chi connectivity index (χ1) is 11.1. The van der Waals surface area contributed by atoms with Crippen LogP contribution in [0.3, 0.4) is 0 Å². The number of hydrogen-bond acceptors (Lipinski definition) is 5. The van der Waals surface area contributed by atoms with Crippen LogP contribution in [0.1, 0.15) is 11.8 Å². The van der Waals surface area contributed by atoms with E-state index in [2.05, 4.69) is 15.3 Å². The van der Waals surface area contributed by atoms with Gasteiger partial charge in [0.25, 0.3) is 0 Å². The van der Waals surface area contributed by atoms with Gasteiger partial charge in [-0.1, -0.05) is 35.6 Å². The van der Waals surface area contributed by atoms with Crippen LogP contribution in [0.2, 0.25) is 0 Å². The Kier molecular flexibility index (Phi) is 4.08. The van der Waals surface area contributed by atoms with Crippen molar-refractivity contribution in [1.29, 1.82) is 0 Å². The van der Waals surface area contributed by atoms with Crippen molar-refractivity contribution in [3.63, 3.8) is 0 Å². The molecule has 0 bridgehead atoms. The van der Waals surface area contributed by atoms with Crippen LogP contribution in [0.15, 0.2) is 42.5 Å². The highest BCUT2D eigenvalue weighted by Gasteiger charge is 2.16. The number of rotatable bonds is 4. The lowest BCUT2D eigenvalue weighted by atomic mass is 10.1. The first-order valence-electron chi connectivity index (χ1n) is 7.05. The summed E-state index contributed by atoms with van der Waals surface area (Å²) in [5.41, 5.74) is 2.96. The Balaban J connectivity index is 2.17. The molecule has 116 valence electrons. The molecule has 0 aliphatic carbocycles. The molecule has 2 aromatic heterocycles. The van der Waals surface area contributed by atoms with Crippen molar-refractivity contribution in [3.05, 3.63) is 47.4 Å². The van der Waals surface area contributed by atoms with Gasteiger partial charge in [-0.25, -0.2) is 14.8 Å². The van der Waals surface area contributed by atoms with Crippen molar-refractivity contribution < 1.29 is 9.90 Å². The number of para-hydroxylation sites is 1. The molecule has 3 aromatic rings. The number of hydrogen-bond donors (Lipinski definition) is 2. The fourth-order valence-electron chi connectivity index (χ4n) is 2.32. The number of allylic oxidation sites excluding steroid dienone is 1. The Morgan fingerprint density at radius 3 is 2.74 bits per heavy atom. The lowest BCUT2D eigenvalue weighted by Gasteiger charge is -2.03. The molecule has 0 amide bonds. The fraction of sp³-hybridized carbons (Fsp3) is 0.118. The number of nitrogens with zero attached hydrogens (tertiary/aromatic N) is 2. The molecule has 23 heavy (non-hydrogen) atoms. The molecular formula is C17H15N3O2S. The van der Waals surface area contributed by atoms with Gasteiger partial charge in [-0.2, -0.15) is 0 Å². The van der Waals surface area contributed by atoms with Crippen LogP contribution in [0.25, 0.3) is 27.9 Å². The molecule has 0 unspecified atom stereocenters. The van der Waals surface area contributed by atoms with Crippen LogP contribution in [0.5, 0.6) is 0 Å². The summed E-state index contributed by atoms with van der Waals surface area (Å²) in [6.07, 6.45) is 1.19. The van der Waals surface area contributed by atoms with E-state index in [1.807, 2.05) is 36.4 Å². The van der Waals surface area contributed by atoms with Gasteiger partial charge in [-0.15, -0.1) is 0 Å². The minimum Gasteiger partial charge on any atom is -0.478 e. The van der Waals surface area contributed by atoms with Crippen LogP contribution in [-0.2, 0) is 4.79 Å². The Hall–Kier alpha value is -2.73. The summed E-state index contributed by atoms with van der Waals surface area (Å²) in [4.78, 5) is 21.0. The van der Waals surface area contributed by atoms with Crippen LogP contribution in [0, 0.1) is 0 Å². The summed E-state index contributed by atoms with van der Waals surface area (Å²) >= 11 is 1.42. The number of benzene rings is 1. The minimum absolute atomic E-state index is 0.654.